The zero-order chi connectivity index (χ0) is 22.1. The molecule has 174 valence electrons. The van der Waals surface area contributed by atoms with Crippen LogP contribution in [0.1, 0.15) is 23.1 Å². The van der Waals surface area contributed by atoms with Gasteiger partial charge in [0.15, 0.2) is 5.96 Å². The molecule has 2 aromatic rings. The maximum atomic E-state index is 12.7. The third-order valence-electron chi connectivity index (χ3n) is 5.24. The van der Waals surface area contributed by atoms with Crippen LogP contribution in [0.3, 0.4) is 0 Å². The minimum atomic E-state index is 0. The van der Waals surface area contributed by atoms with E-state index in [0.717, 1.165) is 42.0 Å². The highest BCUT2D eigenvalue weighted by atomic mass is 127. The lowest BCUT2D eigenvalue weighted by molar-refractivity contribution is -0.117. The van der Waals surface area contributed by atoms with Gasteiger partial charge in [-0.3, -0.25) is 9.79 Å². The summed E-state index contributed by atoms with van der Waals surface area (Å²) < 4.78 is 11.0. The molecule has 0 radical (unpaired) electrons. The van der Waals surface area contributed by atoms with Crippen molar-refractivity contribution >= 4 is 41.5 Å². The smallest absolute Gasteiger partial charge is 0.246 e. The molecule has 1 aliphatic rings. The lowest BCUT2D eigenvalue weighted by Crippen LogP contribution is -2.44. The fourth-order valence-corrected chi connectivity index (χ4v) is 3.58. The number of nitrogens with one attached hydrogen (secondary N) is 2. The quantitative estimate of drug-likeness (QED) is 0.216. The van der Waals surface area contributed by atoms with Crippen LogP contribution < -0.4 is 20.3 Å². The summed E-state index contributed by atoms with van der Waals surface area (Å²) >= 11 is 0. The largest absolute Gasteiger partial charge is 0.493 e. The summed E-state index contributed by atoms with van der Waals surface area (Å²) in [5, 5.41) is 6.40. The Bertz CT molecular complexity index is 920. The number of carbonyl (C=O) groups is 1. The van der Waals surface area contributed by atoms with E-state index in [0.29, 0.717) is 25.7 Å². The molecule has 8 heteroatoms. The molecule has 1 heterocycles. The number of anilines is 1. The molecule has 0 saturated carbocycles. The van der Waals surface area contributed by atoms with E-state index in [9.17, 15) is 4.79 Å². The maximum Gasteiger partial charge on any atom is 0.246 e. The Morgan fingerprint density at radius 3 is 2.75 bits per heavy atom. The summed E-state index contributed by atoms with van der Waals surface area (Å²) in [6, 6.07) is 14.2. The van der Waals surface area contributed by atoms with E-state index in [1.807, 2.05) is 42.2 Å². The van der Waals surface area contributed by atoms with Crippen molar-refractivity contribution in [2.24, 2.45) is 4.99 Å². The van der Waals surface area contributed by atoms with Crippen molar-refractivity contribution in [1.82, 2.24) is 10.6 Å². The Labute approximate surface area is 207 Å². The van der Waals surface area contributed by atoms with Crippen LogP contribution >= 0.6 is 24.0 Å². The Kier molecular flexibility index (Phi) is 10.8. The molecule has 7 nitrogen and oxygen atoms in total. The third-order valence-corrected chi connectivity index (χ3v) is 5.24. The molecule has 0 fully saturated rings. The van der Waals surface area contributed by atoms with Gasteiger partial charge >= 0.3 is 0 Å². The van der Waals surface area contributed by atoms with Crippen molar-refractivity contribution in [2.45, 2.75) is 26.3 Å². The molecule has 0 atom stereocenters. The number of hydrogen-bond acceptors (Lipinski definition) is 4. The average molecular weight is 552 g/mol. The van der Waals surface area contributed by atoms with Gasteiger partial charge in [-0.15, -0.1) is 24.0 Å². The van der Waals surface area contributed by atoms with Crippen molar-refractivity contribution in [3.05, 3.63) is 59.2 Å². The van der Waals surface area contributed by atoms with Gasteiger partial charge in [0.25, 0.3) is 0 Å². The van der Waals surface area contributed by atoms with Crippen molar-refractivity contribution in [3.63, 3.8) is 0 Å². The fourth-order valence-electron chi connectivity index (χ4n) is 3.58. The van der Waals surface area contributed by atoms with E-state index in [-0.39, 0.29) is 36.4 Å². The molecule has 0 aromatic heterocycles. The summed E-state index contributed by atoms with van der Waals surface area (Å²) in [5.41, 5.74) is 4.40. The van der Waals surface area contributed by atoms with Gasteiger partial charge in [0.1, 0.15) is 5.75 Å². The van der Waals surface area contributed by atoms with Crippen LogP contribution in [0.4, 0.5) is 5.69 Å². The van der Waals surface area contributed by atoms with E-state index < -0.39 is 0 Å². The van der Waals surface area contributed by atoms with Crippen molar-refractivity contribution in [2.75, 3.05) is 45.4 Å². The van der Waals surface area contributed by atoms with Crippen LogP contribution in [-0.2, 0) is 22.5 Å². The molecule has 1 amide bonds. The Morgan fingerprint density at radius 1 is 1.16 bits per heavy atom. The molecule has 0 saturated heterocycles. The first-order valence-corrected chi connectivity index (χ1v) is 10.7. The number of guanidine groups is 1. The summed E-state index contributed by atoms with van der Waals surface area (Å²) in [6.07, 6.45) is 1.73. The average Bonchev–Trinajstić information content (AvgIpc) is 3.22. The van der Waals surface area contributed by atoms with Gasteiger partial charge in [0.05, 0.1) is 13.2 Å². The zero-order valence-electron chi connectivity index (χ0n) is 19.0. The van der Waals surface area contributed by atoms with Gasteiger partial charge in [-0.25, -0.2) is 0 Å². The van der Waals surface area contributed by atoms with E-state index in [4.69, 9.17) is 9.47 Å². The number of para-hydroxylation sites is 1. The standard InChI is InChI=1S/C24H32N4O3.HI/c1-18-9-10-20(22(15-18)31-14-6-13-30-3)16-26-24(25-2)27-17-23(29)28-12-11-19-7-4-5-8-21(19)28;/h4-5,7-10,15H,6,11-14,16-17H2,1-3H3,(H2,25,26,27);1H. The predicted molar refractivity (Wildman–Crippen MR) is 139 cm³/mol. The van der Waals surface area contributed by atoms with Crippen LogP contribution in [0.15, 0.2) is 47.5 Å². The van der Waals surface area contributed by atoms with Crippen LogP contribution in [0.25, 0.3) is 0 Å². The Hall–Kier alpha value is -2.33. The van der Waals surface area contributed by atoms with Crippen molar-refractivity contribution in [1.29, 1.82) is 0 Å². The second kappa shape index (κ2) is 13.3. The highest BCUT2D eigenvalue weighted by Crippen LogP contribution is 2.27. The van der Waals surface area contributed by atoms with Crippen LogP contribution in [-0.4, -0.2) is 52.3 Å². The van der Waals surface area contributed by atoms with Crippen molar-refractivity contribution in [3.8, 4) is 5.75 Å². The molecule has 0 spiro atoms. The minimum Gasteiger partial charge on any atom is -0.493 e. The topological polar surface area (TPSA) is 75.2 Å². The summed E-state index contributed by atoms with van der Waals surface area (Å²) in [5.74, 6) is 1.46. The number of ether oxygens (including phenoxy) is 2. The second-order valence-electron chi connectivity index (χ2n) is 7.51. The van der Waals surface area contributed by atoms with Gasteiger partial charge in [-0.05, 0) is 36.6 Å². The number of rotatable bonds is 9. The molecule has 3 rings (SSSR count). The third kappa shape index (κ3) is 7.09. The SMILES string of the molecule is CN=C(NCC(=O)N1CCc2ccccc21)NCc1ccc(C)cc1OCCCOC.I. The molecule has 2 N–H and O–H groups in total. The van der Waals surface area contributed by atoms with E-state index >= 15 is 0 Å². The number of methoxy groups -OCH3 is 1. The van der Waals surface area contributed by atoms with Crippen LogP contribution in [0, 0.1) is 6.92 Å². The van der Waals surface area contributed by atoms with E-state index in [1.54, 1.807) is 14.2 Å². The minimum absolute atomic E-state index is 0. The van der Waals surface area contributed by atoms with Gasteiger partial charge in [0, 0.05) is 51.5 Å². The fraction of sp³-hybridized carbons (Fsp3) is 0.417. The molecule has 0 unspecified atom stereocenters. The van der Waals surface area contributed by atoms with Crippen LogP contribution in [0.2, 0.25) is 0 Å². The molecule has 2 aromatic carbocycles. The molecule has 32 heavy (non-hydrogen) atoms. The molecule has 0 aliphatic carbocycles. The lowest BCUT2D eigenvalue weighted by atomic mass is 10.1. The number of carbonyl (C=O) groups excluding carboxylic acids is 1. The first-order chi connectivity index (χ1) is 15.1. The zero-order valence-corrected chi connectivity index (χ0v) is 21.3. The second-order valence-corrected chi connectivity index (χ2v) is 7.51. The lowest BCUT2D eigenvalue weighted by Gasteiger charge is -2.19. The van der Waals surface area contributed by atoms with Gasteiger partial charge < -0.3 is 25.0 Å². The number of amides is 1. The van der Waals surface area contributed by atoms with Gasteiger partial charge in [-0.2, -0.15) is 0 Å². The molecule has 0 bridgehead atoms. The van der Waals surface area contributed by atoms with Crippen molar-refractivity contribution < 1.29 is 14.3 Å². The Balaban J connectivity index is 0.00000363. The first-order valence-electron chi connectivity index (χ1n) is 10.7. The van der Waals surface area contributed by atoms with Crippen LogP contribution in [0.5, 0.6) is 5.75 Å². The molecule has 1 aliphatic heterocycles. The number of hydrogen-bond donors (Lipinski definition) is 2. The normalized spacial score (nSPS) is 12.7. The number of aryl methyl sites for hydroxylation is 1. The summed E-state index contributed by atoms with van der Waals surface area (Å²) in [7, 11) is 3.39. The first kappa shape index (κ1) is 25.9. The number of nitrogens with zero attached hydrogens (tertiary/aromatic N) is 2. The van der Waals surface area contributed by atoms with Gasteiger partial charge in [-0.1, -0.05) is 30.3 Å². The molecular formula is C24H33IN4O3. The number of aliphatic imine (C=N–C) groups is 1. The highest BCUT2D eigenvalue weighted by Gasteiger charge is 2.23. The maximum absolute atomic E-state index is 12.7. The number of fused-ring (bicyclic) bond motifs is 1. The number of halogens is 1. The highest BCUT2D eigenvalue weighted by molar-refractivity contribution is 14.0. The van der Waals surface area contributed by atoms with Gasteiger partial charge in [0.2, 0.25) is 5.91 Å². The van der Waals surface area contributed by atoms with E-state index in [1.165, 1.54) is 5.56 Å². The molecular weight excluding hydrogens is 519 g/mol. The monoisotopic (exact) mass is 552 g/mol. The predicted octanol–water partition coefficient (Wildman–Crippen LogP) is 3.28. The Morgan fingerprint density at radius 2 is 1.97 bits per heavy atom. The summed E-state index contributed by atoms with van der Waals surface area (Å²) in [4.78, 5) is 18.8. The summed E-state index contributed by atoms with van der Waals surface area (Å²) in [6.45, 7) is 4.76. The number of benzene rings is 2. The van der Waals surface area contributed by atoms with E-state index in [2.05, 4.69) is 27.8 Å².